The van der Waals surface area contributed by atoms with E-state index in [1.165, 1.54) is 19.3 Å². The van der Waals surface area contributed by atoms with E-state index in [2.05, 4.69) is 45.2 Å². The second kappa shape index (κ2) is 9.22. The van der Waals surface area contributed by atoms with Crippen molar-refractivity contribution in [1.29, 1.82) is 0 Å². The van der Waals surface area contributed by atoms with Crippen LogP contribution in [-0.2, 0) is 6.54 Å². The van der Waals surface area contributed by atoms with E-state index < -0.39 is 0 Å². The zero-order valence-corrected chi connectivity index (χ0v) is 17.3. The molecule has 0 unspecified atom stereocenters. The van der Waals surface area contributed by atoms with E-state index in [1.54, 1.807) is 4.52 Å². The summed E-state index contributed by atoms with van der Waals surface area (Å²) >= 11 is 0. The van der Waals surface area contributed by atoms with Crippen molar-refractivity contribution in [3.63, 3.8) is 0 Å². The lowest BCUT2D eigenvalue weighted by Crippen LogP contribution is -2.33. The Kier molecular flexibility index (Phi) is 6.24. The van der Waals surface area contributed by atoms with E-state index in [1.807, 2.05) is 30.5 Å². The lowest BCUT2D eigenvalue weighted by molar-refractivity contribution is 0.177. The number of hydrogen-bond acceptors (Lipinski definition) is 6. The lowest BCUT2D eigenvalue weighted by atomic mass is 10.1. The minimum absolute atomic E-state index is 0.318. The summed E-state index contributed by atoms with van der Waals surface area (Å²) in [6.45, 7) is 8.70. The van der Waals surface area contributed by atoms with Crippen molar-refractivity contribution in [3.8, 4) is 6.01 Å². The third kappa shape index (κ3) is 4.85. The first-order valence-corrected chi connectivity index (χ1v) is 10.5. The summed E-state index contributed by atoms with van der Waals surface area (Å²) in [4.78, 5) is 11.7. The smallest absolute Gasteiger partial charge is 0.321 e. The first-order chi connectivity index (χ1) is 14.2. The first-order valence-electron chi connectivity index (χ1n) is 10.5. The number of ether oxygens (including phenoxy) is 1. The fourth-order valence-corrected chi connectivity index (χ4v) is 3.63. The van der Waals surface area contributed by atoms with Crippen molar-refractivity contribution in [1.82, 2.24) is 24.5 Å². The van der Waals surface area contributed by atoms with Gasteiger partial charge in [-0.05, 0) is 43.5 Å². The van der Waals surface area contributed by atoms with E-state index in [0.29, 0.717) is 31.0 Å². The van der Waals surface area contributed by atoms with Crippen molar-refractivity contribution in [3.05, 3.63) is 47.7 Å². The highest BCUT2D eigenvalue weighted by molar-refractivity contribution is 5.53. The van der Waals surface area contributed by atoms with Crippen LogP contribution < -0.4 is 10.1 Å². The number of fused-ring (bicyclic) bond motifs is 1. The van der Waals surface area contributed by atoms with Gasteiger partial charge in [0.25, 0.3) is 0 Å². The number of piperidine rings is 1. The Morgan fingerprint density at radius 3 is 2.79 bits per heavy atom. The Bertz CT molecular complexity index is 918. The van der Waals surface area contributed by atoms with Gasteiger partial charge in [-0.15, -0.1) is 0 Å². The van der Waals surface area contributed by atoms with Crippen LogP contribution in [0.3, 0.4) is 0 Å². The second-order valence-electron chi connectivity index (χ2n) is 7.81. The number of aromatic nitrogens is 4. The van der Waals surface area contributed by atoms with Gasteiger partial charge in [0.2, 0.25) is 5.95 Å². The van der Waals surface area contributed by atoms with Gasteiger partial charge in [-0.3, -0.25) is 4.90 Å². The Labute approximate surface area is 172 Å². The van der Waals surface area contributed by atoms with Gasteiger partial charge in [0.1, 0.15) is 6.61 Å². The Balaban J connectivity index is 1.52. The molecule has 3 aromatic rings. The number of benzene rings is 1. The number of rotatable bonds is 8. The first kappa shape index (κ1) is 19.6. The van der Waals surface area contributed by atoms with E-state index in [4.69, 9.17) is 4.74 Å². The van der Waals surface area contributed by atoms with Crippen molar-refractivity contribution in [2.45, 2.75) is 45.6 Å². The van der Waals surface area contributed by atoms with Gasteiger partial charge in [-0.25, -0.2) is 0 Å². The molecule has 1 aliphatic rings. The highest BCUT2D eigenvalue weighted by Gasteiger charge is 2.16. The van der Waals surface area contributed by atoms with Gasteiger partial charge in [0, 0.05) is 18.7 Å². The zero-order chi connectivity index (χ0) is 20.1. The molecular weight excluding hydrogens is 364 g/mol. The number of likely N-dealkylation sites (tertiary alicyclic amines) is 1. The maximum absolute atomic E-state index is 5.96. The normalized spacial score (nSPS) is 15.1. The summed E-state index contributed by atoms with van der Waals surface area (Å²) in [7, 11) is 0. The number of nitrogens with one attached hydrogen (secondary N) is 1. The molecule has 1 aliphatic heterocycles. The van der Waals surface area contributed by atoms with E-state index in [9.17, 15) is 0 Å². The monoisotopic (exact) mass is 393 g/mol. The maximum atomic E-state index is 5.96. The fourth-order valence-electron chi connectivity index (χ4n) is 3.63. The van der Waals surface area contributed by atoms with Crippen molar-refractivity contribution < 1.29 is 4.74 Å². The molecule has 153 valence electrons. The van der Waals surface area contributed by atoms with Crippen LogP contribution in [0.25, 0.3) is 5.65 Å². The topological polar surface area (TPSA) is 67.6 Å². The number of nitrogens with zero attached hydrogens (tertiary/aromatic N) is 5. The molecular formula is C22H29N6O. The molecule has 1 saturated heterocycles. The molecule has 0 saturated carbocycles. The van der Waals surface area contributed by atoms with Crippen molar-refractivity contribution in [2.24, 2.45) is 0 Å². The Morgan fingerprint density at radius 2 is 2.03 bits per heavy atom. The summed E-state index contributed by atoms with van der Waals surface area (Å²) < 4.78 is 7.72. The minimum Gasteiger partial charge on any atom is -0.462 e. The maximum Gasteiger partial charge on any atom is 0.321 e. The molecule has 0 bridgehead atoms. The van der Waals surface area contributed by atoms with E-state index in [0.717, 1.165) is 36.4 Å². The van der Waals surface area contributed by atoms with Crippen LogP contribution in [0.1, 0.15) is 50.2 Å². The van der Waals surface area contributed by atoms with Crippen molar-refractivity contribution >= 4 is 11.6 Å². The van der Waals surface area contributed by atoms with Gasteiger partial charge in [-0.1, -0.05) is 44.5 Å². The molecule has 0 amide bonds. The van der Waals surface area contributed by atoms with Crippen LogP contribution in [0.5, 0.6) is 6.01 Å². The standard InChI is InChI=1S/C22H29N6O/c1-17(2)19-16-24-28-20(19)25-22(29-14-13-27-11-7-4-8-12-27)26-21(28)23-15-18-9-5-3-6-10-18/h3,5-6,9,16-17H,4,7-8,11-15H2,1-2H3,(H,23,25,26). The molecule has 0 spiro atoms. The van der Waals surface area contributed by atoms with Crippen molar-refractivity contribution in [2.75, 3.05) is 31.6 Å². The van der Waals surface area contributed by atoms with E-state index >= 15 is 0 Å². The third-order valence-electron chi connectivity index (χ3n) is 5.29. The van der Waals surface area contributed by atoms with Crippen LogP contribution in [0, 0.1) is 6.07 Å². The quantitative estimate of drug-likeness (QED) is 0.632. The van der Waals surface area contributed by atoms with Gasteiger partial charge < -0.3 is 10.1 Å². The Hall–Kier alpha value is -2.67. The van der Waals surface area contributed by atoms with Crippen LogP contribution in [0.4, 0.5) is 5.95 Å². The highest BCUT2D eigenvalue weighted by atomic mass is 16.5. The highest BCUT2D eigenvalue weighted by Crippen LogP contribution is 2.23. The minimum atomic E-state index is 0.318. The molecule has 0 atom stereocenters. The van der Waals surface area contributed by atoms with Gasteiger partial charge >= 0.3 is 6.01 Å². The molecule has 1 aromatic carbocycles. The lowest BCUT2D eigenvalue weighted by Gasteiger charge is -2.25. The van der Waals surface area contributed by atoms with Crippen LogP contribution >= 0.6 is 0 Å². The molecule has 1 N–H and O–H groups in total. The fraction of sp³-hybridized carbons (Fsp3) is 0.500. The van der Waals surface area contributed by atoms with Gasteiger partial charge in [0.05, 0.1) is 6.20 Å². The zero-order valence-electron chi connectivity index (χ0n) is 17.3. The predicted molar refractivity (Wildman–Crippen MR) is 113 cm³/mol. The molecule has 4 rings (SSSR count). The molecule has 7 heteroatoms. The Morgan fingerprint density at radius 1 is 1.17 bits per heavy atom. The van der Waals surface area contributed by atoms with Crippen LogP contribution in [0.15, 0.2) is 30.5 Å². The average molecular weight is 394 g/mol. The second-order valence-corrected chi connectivity index (χ2v) is 7.81. The van der Waals surface area contributed by atoms with Gasteiger partial charge in [-0.2, -0.15) is 19.6 Å². The van der Waals surface area contributed by atoms with E-state index in [-0.39, 0.29) is 0 Å². The largest absolute Gasteiger partial charge is 0.462 e. The third-order valence-corrected chi connectivity index (χ3v) is 5.29. The summed E-state index contributed by atoms with van der Waals surface area (Å²) in [6.07, 6.45) is 5.76. The molecule has 3 heterocycles. The molecule has 1 radical (unpaired) electrons. The van der Waals surface area contributed by atoms with Gasteiger partial charge in [0.15, 0.2) is 5.65 Å². The SMILES string of the molecule is CC(C)c1cnn2c(NCc3[c]cccc3)nc(OCCN3CCCCC3)nc12. The summed E-state index contributed by atoms with van der Waals surface area (Å²) in [6, 6.07) is 11.5. The molecule has 2 aromatic heterocycles. The molecule has 0 aliphatic carbocycles. The summed E-state index contributed by atoms with van der Waals surface area (Å²) in [5.41, 5.74) is 2.94. The average Bonchev–Trinajstić information content (AvgIpc) is 3.18. The predicted octanol–water partition coefficient (Wildman–Crippen LogP) is 3.52. The molecule has 7 nitrogen and oxygen atoms in total. The number of anilines is 1. The molecule has 29 heavy (non-hydrogen) atoms. The molecule has 1 fully saturated rings. The van der Waals surface area contributed by atoms with Crippen LogP contribution in [-0.4, -0.2) is 50.7 Å². The van der Waals surface area contributed by atoms with Crippen LogP contribution in [0.2, 0.25) is 0 Å². The number of hydrogen-bond donors (Lipinski definition) is 1. The summed E-state index contributed by atoms with van der Waals surface area (Å²) in [5, 5.41) is 7.87. The summed E-state index contributed by atoms with van der Waals surface area (Å²) in [5.74, 6) is 0.950.